The number of rotatable bonds is 7. The fourth-order valence-electron chi connectivity index (χ4n) is 3.45. The van der Waals surface area contributed by atoms with E-state index in [2.05, 4.69) is 10.0 Å². The average Bonchev–Trinajstić information content (AvgIpc) is 3.14. The fourth-order valence-corrected chi connectivity index (χ4v) is 6.07. The topological polar surface area (TPSA) is 122 Å². The highest BCUT2D eigenvalue weighted by atomic mass is 32.2. The van der Waals surface area contributed by atoms with E-state index in [1.54, 1.807) is 56.3 Å². The molecule has 1 heterocycles. The molecule has 0 radical (unpaired) electrons. The Kier molecular flexibility index (Phi) is 6.56. The highest BCUT2D eigenvalue weighted by molar-refractivity contribution is 7.89. The van der Waals surface area contributed by atoms with E-state index < -0.39 is 34.0 Å². The monoisotopic (exact) mass is 498 g/mol. The SMILES string of the molecule is CC(C)[C@H](NS(=O)(=O)c1ccc2c(c1)sc1cc(NC(=O)Oc3ccccc3)ccc12)C(=O)O. The van der Waals surface area contributed by atoms with Crippen molar-refractivity contribution in [2.45, 2.75) is 24.8 Å². The molecule has 0 saturated heterocycles. The molecule has 0 aliphatic rings. The number of hydrogen-bond acceptors (Lipinski definition) is 6. The van der Waals surface area contributed by atoms with Crippen LogP contribution in [0.4, 0.5) is 10.5 Å². The Hall–Kier alpha value is -3.47. The van der Waals surface area contributed by atoms with E-state index >= 15 is 0 Å². The van der Waals surface area contributed by atoms with E-state index in [4.69, 9.17) is 4.74 Å². The molecule has 0 spiro atoms. The summed E-state index contributed by atoms with van der Waals surface area (Å²) in [4.78, 5) is 23.6. The minimum atomic E-state index is -4.03. The average molecular weight is 499 g/mol. The molecule has 0 aliphatic heterocycles. The highest BCUT2D eigenvalue weighted by Gasteiger charge is 2.28. The lowest BCUT2D eigenvalue weighted by molar-refractivity contribution is -0.140. The molecule has 3 N–H and O–H groups in total. The maximum absolute atomic E-state index is 12.8. The van der Waals surface area contributed by atoms with Crippen LogP contribution in [-0.2, 0) is 14.8 Å². The number of carboxylic acid groups (broad SMARTS) is 1. The third-order valence-corrected chi connectivity index (χ3v) is 7.72. The summed E-state index contributed by atoms with van der Waals surface area (Å²) in [5.74, 6) is -1.22. The number of para-hydroxylation sites is 1. The Morgan fingerprint density at radius 3 is 2.24 bits per heavy atom. The van der Waals surface area contributed by atoms with Crippen LogP contribution in [0.3, 0.4) is 0 Å². The van der Waals surface area contributed by atoms with Crippen molar-refractivity contribution in [2.24, 2.45) is 5.92 Å². The number of ether oxygens (including phenoxy) is 1. The first-order valence-corrected chi connectivity index (χ1v) is 12.7. The van der Waals surface area contributed by atoms with E-state index in [0.29, 0.717) is 11.4 Å². The Labute approximate surface area is 200 Å². The van der Waals surface area contributed by atoms with Crippen LogP contribution >= 0.6 is 11.3 Å². The molecule has 0 aliphatic carbocycles. The summed E-state index contributed by atoms with van der Waals surface area (Å²) >= 11 is 1.37. The number of benzene rings is 3. The van der Waals surface area contributed by atoms with Gasteiger partial charge in [0.15, 0.2) is 0 Å². The van der Waals surface area contributed by atoms with Gasteiger partial charge in [-0.05, 0) is 42.3 Å². The number of sulfonamides is 1. The molecule has 0 fully saturated rings. The van der Waals surface area contributed by atoms with Gasteiger partial charge in [0, 0.05) is 25.9 Å². The minimum Gasteiger partial charge on any atom is -0.480 e. The first-order chi connectivity index (χ1) is 16.1. The van der Waals surface area contributed by atoms with Crippen molar-refractivity contribution >= 4 is 59.3 Å². The van der Waals surface area contributed by atoms with Crippen LogP contribution in [0.25, 0.3) is 20.2 Å². The number of amides is 1. The van der Waals surface area contributed by atoms with Gasteiger partial charge in [0.2, 0.25) is 10.0 Å². The van der Waals surface area contributed by atoms with Crippen molar-refractivity contribution < 1.29 is 27.9 Å². The van der Waals surface area contributed by atoms with Gasteiger partial charge in [0.25, 0.3) is 0 Å². The van der Waals surface area contributed by atoms with Crippen LogP contribution in [0.2, 0.25) is 0 Å². The Morgan fingerprint density at radius 1 is 0.941 bits per heavy atom. The molecule has 4 aromatic rings. The van der Waals surface area contributed by atoms with Crippen molar-refractivity contribution in [3.8, 4) is 5.75 Å². The number of fused-ring (bicyclic) bond motifs is 3. The molecular formula is C24H22N2O6S2. The number of aliphatic carboxylic acids is 1. The normalized spacial score (nSPS) is 12.7. The summed E-state index contributed by atoms with van der Waals surface area (Å²) in [6.07, 6.45) is -0.621. The first kappa shape index (κ1) is 23.7. The molecule has 0 unspecified atom stereocenters. The van der Waals surface area contributed by atoms with Crippen LogP contribution < -0.4 is 14.8 Å². The van der Waals surface area contributed by atoms with Crippen molar-refractivity contribution in [3.63, 3.8) is 0 Å². The van der Waals surface area contributed by atoms with Crippen LogP contribution in [0.15, 0.2) is 71.6 Å². The predicted octanol–water partition coefficient (Wildman–Crippen LogP) is 5.05. The molecule has 1 amide bonds. The molecular weight excluding hydrogens is 476 g/mol. The number of thiophene rings is 1. The smallest absolute Gasteiger partial charge is 0.417 e. The lowest BCUT2D eigenvalue weighted by Crippen LogP contribution is -2.44. The van der Waals surface area contributed by atoms with Crippen molar-refractivity contribution in [1.29, 1.82) is 0 Å². The highest BCUT2D eigenvalue weighted by Crippen LogP contribution is 2.36. The minimum absolute atomic E-state index is 0.0109. The van der Waals surface area contributed by atoms with Gasteiger partial charge in [-0.25, -0.2) is 13.2 Å². The van der Waals surface area contributed by atoms with E-state index in [1.807, 2.05) is 12.1 Å². The van der Waals surface area contributed by atoms with Crippen LogP contribution in [0.1, 0.15) is 13.8 Å². The Bertz CT molecular complexity index is 1480. The number of carbonyl (C=O) groups excluding carboxylic acids is 1. The molecule has 0 bridgehead atoms. The molecule has 34 heavy (non-hydrogen) atoms. The largest absolute Gasteiger partial charge is 0.480 e. The zero-order valence-electron chi connectivity index (χ0n) is 18.3. The fraction of sp³-hybridized carbons (Fsp3) is 0.167. The molecule has 10 heteroatoms. The maximum Gasteiger partial charge on any atom is 0.417 e. The van der Waals surface area contributed by atoms with E-state index in [0.717, 1.165) is 20.2 Å². The van der Waals surface area contributed by atoms with Gasteiger partial charge in [-0.15, -0.1) is 11.3 Å². The van der Waals surface area contributed by atoms with Gasteiger partial charge in [0.05, 0.1) is 4.90 Å². The van der Waals surface area contributed by atoms with E-state index in [-0.39, 0.29) is 4.90 Å². The van der Waals surface area contributed by atoms with Gasteiger partial charge in [-0.2, -0.15) is 4.72 Å². The summed E-state index contributed by atoms with van der Waals surface area (Å²) in [7, 11) is -4.03. The third kappa shape index (κ3) is 5.04. The number of hydrogen-bond donors (Lipinski definition) is 3. The molecule has 1 atom stereocenters. The van der Waals surface area contributed by atoms with Gasteiger partial charge >= 0.3 is 12.1 Å². The molecule has 1 aromatic heterocycles. The standard InChI is InChI=1S/C24H22N2O6S2/c1-14(2)22(23(27)28)26-34(30,31)17-9-11-19-18-10-8-15(12-20(18)33-21(19)13-17)25-24(29)32-16-6-4-3-5-7-16/h3-14,22,26H,1-2H3,(H,25,29)(H,27,28)/t22-/m0/s1. The van der Waals surface area contributed by atoms with Crippen LogP contribution in [0, 0.1) is 5.92 Å². The second kappa shape index (κ2) is 9.41. The summed E-state index contributed by atoms with van der Waals surface area (Å²) < 4.78 is 34.7. The number of nitrogens with one attached hydrogen (secondary N) is 2. The molecule has 3 aromatic carbocycles. The summed E-state index contributed by atoms with van der Waals surface area (Å²) in [5.41, 5.74) is 0.538. The van der Waals surface area contributed by atoms with Gasteiger partial charge in [0.1, 0.15) is 11.8 Å². The van der Waals surface area contributed by atoms with Crippen molar-refractivity contribution in [2.75, 3.05) is 5.32 Å². The second-order valence-corrected chi connectivity index (χ2v) is 10.8. The second-order valence-electron chi connectivity index (χ2n) is 7.98. The Balaban J connectivity index is 1.59. The van der Waals surface area contributed by atoms with Gasteiger partial charge in [-0.3, -0.25) is 10.1 Å². The lowest BCUT2D eigenvalue weighted by atomic mass is 10.1. The Morgan fingerprint density at radius 2 is 1.59 bits per heavy atom. The van der Waals surface area contributed by atoms with Gasteiger partial charge in [-0.1, -0.05) is 44.2 Å². The third-order valence-electron chi connectivity index (χ3n) is 5.17. The molecule has 4 rings (SSSR count). The quantitative estimate of drug-likeness (QED) is 0.328. The first-order valence-electron chi connectivity index (χ1n) is 10.4. The van der Waals surface area contributed by atoms with Crippen molar-refractivity contribution in [3.05, 3.63) is 66.7 Å². The van der Waals surface area contributed by atoms with Crippen LogP contribution in [-0.4, -0.2) is 31.6 Å². The lowest BCUT2D eigenvalue weighted by Gasteiger charge is -2.18. The molecule has 8 nitrogen and oxygen atoms in total. The number of carboxylic acids is 1. The maximum atomic E-state index is 12.8. The predicted molar refractivity (Wildman–Crippen MR) is 132 cm³/mol. The van der Waals surface area contributed by atoms with Crippen LogP contribution in [0.5, 0.6) is 5.75 Å². The summed E-state index contributed by atoms with van der Waals surface area (Å²) in [6.45, 7) is 3.27. The molecule has 176 valence electrons. The summed E-state index contributed by atoms with van der Waals surface area (Å²) in [6, 6.07) is 17.5. The van der Waals surface area contributed by atoms with Gasteiger partial charge < -0.3 is 9.84 Å². The van der Waals surface area contributed by atoms with E-state index in [1.165, 1.54) is 23.5 Å². The zero-order chi connectivity index (χ0) is 24.5. The summed E-state index contributed by atoms with van der Waals surface area (Å²) in [5, 5.41) is 13.8. The van der Waals surface area contributed by atoms with Crippen molar-refractivity contribution in [1.82, 2.24) is 4.72 Å². The zero-order valence-corrected chi connectivity index (χ0v) is 19.9. The molecule has 0 saturated carbocycles. The number of carbonyl (C=O) groups is 2. The number of anilines is 1. The van der Waals surface area contributed by atoms with E-state index in [9.17, 15) is 23.1 Å².